The third-order valence-corrected chi connectivity index (χ3v) is 4.32. The van der Waals surface area contributed by atoms with Crippen molar-refractivity contribution in [1.29, 1.82) is 0 Å². The van der Waals surface area contributed by atoms with E-state index in [9.17, 15) is 14.4 Å². The Balaban J connectivity index is 1.53. The topological polar surface area (TPSA) is 81.7 Å². The fraction of sp³-hybridized carbons (Fsp3) is 0.250. The van der Waals surface area contributed by atoms with Crippen molar-refractivity contribution in [2.75, 3.05) is 12.4 Å². The average Bonchev–Trinajstić information content (AvgIpc) is 2.66. The summed E-state index contributed by atoms with van der Waals surface area (Å²) < 4.78 is 9.87. The number of amides is 1. The molecule has 26 heavy (non-hydrogen) atoms. The van der Waals surface area contributed by atoms with E-state index in [1.807, 2.05) is 24.3 Å². The van der Waals surface area contributed by atoms with Crippen LogP contribution in [0, 0.1) is 5.92 Å². The lowest BCUT2D eigenvalue weighted by molar-refractivity contribution is -0.134. The molecule has 1 aliphatic heterocycles. The number of para-hydroxylation sites is 1. The molecule has 2 aromatic carbocycles. The van der Waals surface area contributed by atoms with Gasteiger partial charge in [-0.3, -0.25) is 9.59 Å². The van der Waals surface area contributed by atoms with Gasteiger partial charge in [-0.2, -0.15) is 0 Å². The maximum Gasteiger partial charge on any atom is 0.337 e. The smallest absolute Gasteiger partial charge is 0.337 e. The highest BCUT2D eigenvalue weighted by Gasteiger charge is 2.26. The summed E-state index contributed by atoms with van der Waals surface area (Å²) in [5.41, 5.74) is 2.29. The van der Waals surface area contributed by atoms with Gasteiger partial charge in [-0.15, -0.1) is 0 Å². The molecule has 134 valence electrons. The van der Waals surface area contributed by atoms with Gasteiger partial charge in [-0.25, -0.2) is 4.79 Å². The number of anilines is 1. The van der Waals surface area contributed by atoms with Crippen LogP contribution >= 0.6 is 0 Å². The number of benzene rings is 2. The van der Waals surface area contributed by atoms with E-state index < -0.39 is 11.9 Å². The van der Waals surface area contributed by atoms with Gasteiger partial charge >= 0.3 is 11.9 Å². The van der Waals surface area contributed by atoms with Crippen LogP contribution in [-0.4, -0.2) is 25.0 Å². The Bertz CT molecular complexity index is 828. The highest BCUT2D eigenvalue weighted by atomic mass is 16.5. The number of carbonyl (C=O) groups is 3. The van der Waals surface area contributed by atoms with Crippen LogP contribution in [0.15, 0.2) is 48.5 Å². The van der Waals surface area contributed by atoms with Gasteiger partial charge < -0.3 is 14.8 Å². The number of methoxy groups -OCH3 is 1. The van der Waals surface area contributed by atoms with Gasteiger partial charge in [0.1, 0.15) is 5.75 Å². The molecule has 3 rings (SSSR count). The molecule has 0 aromatic heterocycles. The average molecular weight is 353 g/mol. The molecule has 6 heteroatoms. The van der Waals surface area contributed by atoms with Crippen LogP contribution in [0.3, 0.4) is 0 Å². The maximum absolute atomic E-state index is 12.2. The van der Waals surface area contributed by atoms with E-state index in [2.05, 4.69) is 10.1 Å². The first-order valence-corrected chi connectivity index (χ1v) is 8.34. The number of hydrogen-bond donors (Lipinski definition) is 1. The van der Waals surface area contributed by atoms with E-state index in [0.717, 1.165) is 11.3 Å². The highest BCUT2D eigenvalue weighted by Crippen LogP contribution is 2.27. The first kappa shape index (κ1) is 17.7. The summed E-state index contributed by atoms with van der Waals surface area (Å²) in [7, 11) is 1.30. The monoisotopic (exact) mass is 353 g/mol. The van der Waals surface area contributed by atoms with Gasteiger partial charge in [0.15, 0.2) is 0 Å². The van der Waals surface area contributed by atoms with E-state index in [4.69, 9.17) is 4.74 Å². The molecule has 0 aliphatic carbocycles. The summed E-state index contributed by atoms with van der Waals surface area (Å²) in [6.07, 6.45) is 1.17. The molecule has 0 spiro atoms. The molecule has 1 unspecified atom stereocenters. The van der Waals surface area contributed by atoms with E-state index in [0.29, 0.717) is 24.2 Å². The molecule has 0 bridgehead atoms. The van der Waals surface area contributed by atoms with E-state index >= 15 is 0 Å². The van der Waals surface area contributed by atoms with E-state index in [1.165, 1.54) is 31.4 Å². The highest BCUT2D eigenvalue weighted by molar-refractivity contribution is 5.96. The number of hydrogen-bond acceptors (Lipinski definition) is 5. The van der Waals surface area contributed by atoms with Gasteiger partial charge in [0.25, 0.3) is 0 Å². The Morgan fingerprint density at radius 3 is 2.58 bits per heavy atom. The summed E-state index contributed by atoms with van der Waals surface area (Å²) >= 11 is 0. The second kappa shape index (κ2) is 7.82. The quantitative estimate of drug-likeness (QED) is 0.660. The standard InChI is InChI=1S/C20H19NO5/c1-25-20(24)13-6-9-16(10-7-13)26-18(22)11-8-15-12-14-4-2-3-5-17(14)21-19(15)23/h2-7,9-10,15H,8,11-12H2,1H3,(H,21,23). The molecule has 1 heterocycles. The van der Waals surface area contributed by atoms with Crippen LogP contribution in [-0.2, 0) is 20.7 Å². The second-order valence-corrected chi connectivity index (χ2v) is 6.08. The summed E-state index contributed by atoms with van der Waals surface area (Å²) in [5.74, 6) is -0.840. The molecule has 1 atom stereocenters. The Hall–Kier alpha value is -3.15. The zero-order valence-corrected chi connectivity index (χ0v) is 14.4. The Morgan fingerprint density at radius 2 is 1.85 bits per heavy atom. The zero-order chi connectivity index (χ0) is 18.5. The van der Waals surface area contributed by atoms with Gasteiger partial charge in [-0.1, -0.05) is 18.2 Å². The molecule has 0 saturated heterocycles. The van der Waals surface area contributed by atoms with Crippen molar-refractivity contribution < 1.29 is 23.9 Å². The van der Waals surface area contributed by atoms with Gasteiger partial charge in [-0.05, 0) is 48.7 Å². The SMILES string of the molecule is COC(=O)c1ccc(OC(=O)CCC2Cc3ccccc3NC2=O)cc1. The van der Waals surface area contributed by atoms with Crippen LogP contribution in [0.2, 0.25) is 0 Å². The van der Waals surface area contributed by atoms with Gasteiger partial charge in [0.2, 0.25) is 5.91 Å². The third-order valence-electron chi connectivity index (χ3n) is 4.32. The second-order valence-electron chi connectivity index (χ2n) is 6.08. The Kier molecular flexibility index (Phi) is 5.31. The number of ether oxygens (including phenoxy) is 2. The normalized spacial score (nSPS) is 15.6. The lowest BCUT2D eigenvalue weighted by Crippen LogP contribution is -2.30. The molecule has 2 aromatic rings. The van der Waals surface area contributed by atoms with Crippen LogP contribution in [0.25, 0.3) is 0 Å². The third kappa shape index (κ3) is 4.08. The minimum atomic E-state index is -0.452. The summed E-state index contributed by atoms with van der Waals surface area (Å²) in [6.45, 7) is 0. The van der Waals surface area contributed by atoms with Crippen LogP contribution in [0.5, 0.6) is 5.75 Å². The Morgan fingerprint density at radius 1 is 1.12 bits per heavy atom. The Labute approximate surface area is 151 Å². The van der Waals surface area contributed by atoms with Crippen molar-refractivity contribution in [2.45, 2.75) is 19.3 Å². The minimum Gasteiger partial charge on any atom is -0.465 e. The van der Waals surface area contributed by atoms with E-state index in [-0.39, 0.29) is 18.2 Å². The van der Waals surface area contributed by atoms with Gasteiger partial charge in [0.05, 0.1) is 12.7 Å². The molecule has 6 nitrogen and oxygen atoms in total. The fourth-order valence-corrected chi connectivity index (χ4v) is 2.90. The predicted molar refractivity (Wildman–Crippen MR) is 94.9 cm³/mol. The number of fused-ring (bicyclic) bond motifs is 1. The van der Waals surface area contributed by atoms with Crippen molar-refractivity contribution in [1.82, 2.24) is 0 Å². The maximum atomic E-state index is 12.2. The van der Waals surface area contributed by atoms with Crippen molar-refractivity contribution >= 4 is 23.5 Å². The lowest BCUT2D eigenvalue weighted by atomic mass is 9.90. The number of nitrogens with one attached hydrogen (secondary N) is 1. The minimum absolute atomic E-state index is 0.0704. The van der Waals surface area contributed by atoms with Crippen molar-refractivity contribution in [3.05, 3.63) is 59.7 Å². The predicted octanol–water partition coefficient (Wildman–Crippen LogP) is 2.97. The molecular formula is C20H19NO5. The van der Waals surface area contributed by atoms with Crippen LogP contribution < -0.4 is 10.1 Å². The molecule has 0 fully saturated rings. The molecule has 0 radical (unpaired) electrons. The van der Waals surface area contributed by atoms with Crippen LogP contribution in [0.1, 0.15) is 28.8 Å². The largest absolute Gasteiger partial charge is 0.465 e. The van der Waals surface area contributed by atoms with Crippen molar-refractivity contribution in [3.8, 4) is 5.75 Å². The molecule has 1 amide bonds. The number of esters is 2. The lowest BCUT2D eigenvalue weighted by Gasteiger charge is -2.24. The van der Waals surface area contributed by atoms with E-state index in [1.54, 1.807) is 0 Å². The molecule has 0 saturated carbocycles. The zero-order valence-electron chi connectivity index (χ0n) is 14.4. The summed E-state index contributed by atoms with van der Waals surface area (Å²) in [4.78, 5) is 35.6. The number of rotatable bonds is 5. The van der Waals surface area contributed by atoms with Gasteiger partial charge in [0, 0.05) is 18.0 Å². The van der Waals surface area contributed by atoms with Crippen molar-refractivity contribution in [2.24, 2.45) is 5.92 Å². The molecule has 1 aliphatic rings. The molecule has 1 N–H and O–H groups in total. The first-order valence-electron chi connectivity index (χ1n) is 8.34. The summed E-state index contributed by atoms with van der Waals surface area (Å²) in [5, 5.41) is 2.87. The van der Waals surface area contributed by atoms with Crippen molar-refractivity contribution in [3.63, 3.8) is 0 Å². The first-order chi connectivity index (χ1) is 12.6. The molecular weight excluding hydrogens is 334 g/mol. The summed E-state index contributed by atoms with van der Waals surface area (Å²) in [6, 6.07) is 13.8. The van der Waals surface area contributed by atoms with Crippen LogP contribution in [0.4, 0.5) is 5.69 Å². The number of carbonyl (C=O) groups excluding carboxylic acids is 3. The fourth-order valence-electron chi connectivity index (χ4n) is 2.90.